The molecular weight excluding hydrogens is 188 g/mol. The Hall–Kier alpha value is -2.10. The third kappa shape index (κ3) is 2.43. The van der Waals surface area contributed by atoms with E-state index in [4.69, 9.17) is 5.73 Å². The fourth-order valence-electron chi connectivity index (χ4n) is 1.31. The molecule has 2 aromatic rings. The van der Waals surface area contributed by atoms with Gasteiger partial charge in [-0.2, -0.15) is 4.98 Å². The van der Waals surface area contributed by atoms with Gasteiger partial charge in [-0.05, 0) is 30.7 Å². The van der Waals surface area contributed by atoms with E-state index in [1.807, 2.05) is 31.2 Å². The molecular formula is C11H12N4. The summed E-state index contributed by atoms with van der Waals surface area (Å²) < 4.78 is 0. The first-order chi connectivity index (χ1) is 7.24. The van der Waals surface area contributed by atoms with Crippen LogP contribution in [0, 0.1) is 6.92 Å². The number of aromatic nitrogens is 2. The maximum absolute atomic E-state index is 5.48. The molecule has 4 heteroatoms. The van der Waals surface area contributed by atoms with Gasteiger partial charge in [-0.15, -0.1) is 0 Å². The number of nitrogens with one attached hydrogen (secondary N) is 1. The molecule has 3 N–H and O–H groups in total. The smallest absolute Gasteiger partial charge is 0.221 e. The van der Waals surface area contributed by atoms with Gasteiger partial charge in [0.05, 0.1) is 0 Å². The molecule has 0 aliphatic heterocycles. The third-order valence-electron chi connectivity index (χ3n) is 1.96. The summed E-state index contributed by atoms with van der Waals surface area (Å²) in [5.74, 6) is 0.973. The number of nitrogens with two attached hydrogens (primary N) is 1. The van der Waals surface area contributed by atoms with Crippen molar-refractivity contribution >= 4 is 17.5 Å². The van der Waals surface area contributed by atoms with E-state index in [9.17, 15) is 0 Å². The van der Waals surface area contributed by atoms with Crippen molar-refractivity contribution in [1.82, 2.24) is 9.97 Å². The fraction of sp³-hybridized carbons (Fsp3) is 0.0909. The molecule has 0 aliphatic rings. The molecule has 0 saturated heterocycles. The Morgan fingerprint density at radius 3 is 2.87 bits per heavy atom. The average molecular weight is 200 g/mol. The van der Waals surface area contributed by atoms with E-state index in [0.717, 1.165) is 5.69 Å². The Balaban J connectivity index is 2.22. The first kappa shape index (κ1) is 9.45. The van der Waals surface area contributed by atoms with Gasteiger partial charge in [0.1, 0.15) is 5.82 Å². The summed E-state index contributed by atoms with van der Waals surface area (Å²) in [6.45, 7) is 2.04. The Morgan fingerprint density at radius 1 is 1.27 bits per heavy atom. The number of aryl methyl sites for hydroxylation is 1. The van der Waals surface area contributed by atoms with Gasteiger partial charge in [0.2, 0.25) is 5.95 Å². The van der Waals surface area contributed by atoms with E-state index in [1.54, 1.807) is 12.3 Å². The van der Waals surface area contributed by atoms with Crippen LogP contribution in [0.15, 0.2) is 36.5 Å². The summed E-state index contributed by atoms with van der Waals surface area (Å²) in [6, 6.07) is 9.82. The molecule has 1 heterocycles. The molecule has 0 radical (unpaired) electrons. The van der Waals surface area contributed by atoms with Gasteiger partial charge in [-0.1, -0.05) is 12.1 Å². The second-order valence-electron chi connectivity index (χ2n) is 3.29. The zero-order valence-electron chi connectivity index (χ0n) is 8.44. The van der Waals surface area contributed by atoms with Crippen LogP contribution >= 0.6 is 0 Å². The van der Waals surface area contributed by atoms with Crippen molar-refractivity contribution in [2.75, 3.05) is 11.1 Å². The SMILES string of the molecule is Cc1cccc(Nc2ccnc(N)n2)c1. The Bertz CT molecular complexity index is 424. The maximum atomic E-state index is 5.48. The number of hydrogen-bond acceptors (Lipinski definition) is 4. The fourth-order valence-corrected chi connectivity index (χ4v) is 1.31. The van der Waals surface area contributed by atoms with Crippen LogP contribution in [0.5, 0.6) is 0 Å². The summed E-state index contributed by atoms with van der Waals surface area (Å²) in [5, 5.41) is 3.15. The first-order valence-electron chi connectivity index (χ1n) is 4.66. The molecule has 15 heavy (non-hydrogen) atoms. The predicted molar refractivity (Wildman–Crippen MR) is 60.9 cm³/mol. The van der Waals surface area contributed by atoms with Crippen LogP contribution in [0.3, 0.4) is 0 Å². The molecule has 0 spiro atoms. The van der Waals surface area contributed by atoms with E-state index in [2.05, 4.69) is 15.3 Å². The van der Waals surface area contributed by atoms with Crippen LogP contribution in [0.1, 0.15) is 5.56 Å². The van der Waals surface area contributed by atoms with Crippen molar-refractivity contribution in [3.8, 4) is 0 Å². The molecule has 2 rings (SSSR count). The molecule has 0 aliphatic carbocycles. The number of hydrogen-bond donors (Lipinski definition) is 2. The minimum absolute atomic E-state index is 0.271. The molecule has 0 atom stereocenters. The molecule has 76 valence electrons. The summed E-state index contributed by atoms with van der Waals surface area (Å²) in [4.78, 5) is 7.88. The normalized spacial score (nSPS) is 9.93. The monoisotopic (exact) mass is 200 g/mol. The molecule has 0 bridgehead atoms. The van der Waals surface area contributed by atoms with Crippen molar-refractivity contribution in [1.29, 1.82) is 0 Å². The van der Waals surface area contributed by atoms with Crippen molar-refractivity contribution < 1.29 is 0 Å². The van der Waals surface area contributed by atoms with E-state index < -0.39 is 0 Å². The van der Waals surface area contributed by atoms with E-state index in [-0.39, 0.29) is 5.95 Å². The number of rotatable bonds is 2. The second kappa shape index (κ2) is 3.96. The predicted octanol–water partition coefficient (Wildman–Crippen LogP) is 2.11. The summed E-state index contributed by atoms with van der Waals surface area (Å²) in [6.07, 6.45) is 1.63. The lowest BCUT2D eigenvalue weighted by Gasteiger charge is -2.05. The average Bonchev–Trinajstić information content (AvgIpc) is 2.17. The topological polar surface area (TPSA) is 63.8 Å². The highest BCUT2D eigenvalue weighted by atomic mass is 15.1. The highest BCUT2D eigenvalue weighted by molar-refractivity contribution is 5.57. The quantitative estimate of drug-likeness (QED) is 0.779. The highest BCUT2D eigenvalue weighted by Gasteiger charge is 1.96. The molecule has 1 aromatic carbocycles. The van der Waals surface area contributed by atoms with Gasteiger partial charge in [-0.3, -0.25) is 0 Å². The minimum atomic E-state index is 0.271. The zero-order chi connectivity index (χ0) is 10.7. The van der Waals surface area contributed by atoms with Gasteiger partial charge in [-0.25, -0.2) is 4.98 Å². The van der Waals surface area contributed by atoms with Crippen LogP contribution in [0.2, 0.25) is 0 Å². The van der Waals surface area contributed by atoms with Crippen molar-refractivity contribution in [2.24, 2.45) is 0 Å². The Labute approximate surface area is 88.2 Å². The van der Waals surface area contributed by atoms with Gasteiger partial charge in [0.15, 0.2) is 0 Å². The molecule has 1 aromatic heterocycles. The largest absolute Gasteiger partial charge is 0.368 e. The highest BCUT2D eigenvalue weighted by Crippen LogP contribution is 2.15. The summed E-state index contributed by atoms with van der Waals surface area (Å²) in [7, 11) is 0. The minimum Gasteiger partial charge on any atom is -0.368 e. The summed E-state index contributed by atoms with van der Waals surface area (Å²) in [5.41, 5.74) is 7.67. The molecule has 0 unspecified atom stereocenters. The number of anilines is 3. The first-order valence-corrected chi connectivity index (χ1v) is 4.66. The van der Waals surface area contributed by atoms with Gasteiger partial charge in [0.25, 0.3) is 0 Å². The Morgan fingerprint density at radius 2 is 2.13 bits per heavy atom. The van der Waals surface area contributed by atoms with Gasteiger partial charge < -0.3 is 11.1 Å². The molecule has 0 saturated carbocycles. The van der Waals surface area contributed by atoms with E-state index >= 15 is 0 Å². The standard InChI is InChI=1S/C11H12N4/c1-8-3-2-4-9(7-8)14-10-5-6-13-11(12)15-10/h2-7H,1H3,(H3,12,13,14,15). The summed E-state index contributed by atoms with van der Waals surface area (Å²) >= 11 is 0. The molecule has 0 amide bonds. The van der Waals surface area contributed by atoms with Crippen LogP contribution in [0.4, 0.5) is 17.5 Å². The van der Waals surface area contributed by atoms with Gasteiger partial charge >= 0.3 is 0 Å². The number of benzene rings is 1. The Kier molecular flexibility index (Phi) is 2.49. The number of nitrogen functional groups attached to an aromatic ring is 1. The van der Waals surface area contributed by atoms with E-state index in [0.29, 0.717) is 5.82 Å². The molecule has 0 fully saturated rings. The van der Waals surface area contributed by atoms with Crippen molar-refractivity contribution in [3.05, 3.63) is 42.1 Å². The third-order valence-corrected chi connectivity index (χ3v) is 1.96. The van der Waals surface area contributed by atoms with Crippen LogP contribution in [0.25, 0.3) is 0 Å². The van der Waals surface area contributed by atoms with Crippen molar-refractivity contribution in [3.63, 3.8) is 0 Å². The lowest BCUT2D eigenvalue weighted by Crippen LogP contribution is -1.98. The second-order valence-corrected chi connectivity index (χ2v) is 3.29. The van der Waals surface area contributed by atoms with E-state index in [1.165, 1.54) is 5.56 Å². The zero-order valence-corrected chi connectivity index (χ0v) is 8.44. The maximum Gasteiger partial charge on any atom is 0.221 e. The van der Waals surface area contributed by atoms with Crippen molar-refractivity contribution in [2.45, 2.75) is 6.92 Å². The van der Waals surface area contributed by atoms with Gasteiger partial charge in [0, 0.05) is 11.9 Å². The van der Waals surface area contributed by atoms with Crippen LogP contribution < -0.4 is 11.1 Å². The number of nitrogens with zero attached hydrogens (tertiary/aromatic N) is 2. The molecule has 4 nitrogen and oxygen atoms in total. The van der Waals surface area contributed by atoms with Crippen LogP contribution in [-0.2, 0) is 0 Å². The lowest BCUT2D eigenvalue weighted by molar-refractivity contribution is 1.18. The van der Waals surface area contributed by atoms with Crippen LogP contribution in [-0.4, -0.2) is 9.97 Å². The lowest BCUT2D eigenvalue weighted by atomic mass is 10.2.